The standard InChI is InChI=1S/C22H24N4O2.ClH/c1-2-18-16(8-10-20(23)24-18)17-6-3-5-15-7-9-19(25-21(15)17)22(27)26-11-4-13-28-14-12-26;/h3,5-10H,2,4,11-14H2,1H3,(H2,23,24);1H. The average molecular weight is 413 g/mol. The largest absolute Gasteiger partial charge is 0.384 e. The Balaban J connectivity index is 0.00000240. The lowest BCUT2D eigenvalue weighted by atomic mass is 9.99. The van der Waals surface area contributed by atoms with E-state index in [0.717, 1.165) is 40.6 Å². The number of para-hydroxylation sites is 1. The number of halogens is 1. The molecule has 1 saturated heterocycles. The molecule has 0 spiro atoms. The first-order chi connectivity index (χ1) is 13.7. The van der Waals surface area contributed by atoms with Crippen molar-refractivity contribution in [3.63, 3.8) is 0 Å². The van der Waals surface area contributed by atoms with E-state index in [0.29, 0.717) is 37.8 Å². The number of hydrogen-bond acceptors (Lipinski definition) is 5. The summed E-state index contributed by atoms with van der Waals surface area (Å²) in [5.74, 6) is 0.460. The monoisotopic (exact) mass is 412 g/mol. The van der Waals surface area contributed by atoms with Gasteiger partial charge < -0.3 is 15.4 Å². The minimum atomic E-state index is -0.0478. The number of benzene rings is 1. The molecule has 0 aliphatic carbocycles. The van der Waals surface area contributed by atoms with Crippen molar-refractivity contribution in [3.8, 4) is 11.1 Å². The van der Waals surface area contributed by atoms with E-state index in [2.05, 4.69) is 11.9 Å². The number of hydrogen-bond donors (Lipinski definition) is 1. The minimum absolute atomic E-state index is 0. The van der Waals surface area contributed by atoms with Crippen LogP contribution in [0.5, 0.6) is 0 Å². The zero-order valence-electron chi connectivity index (χ0n) is 16.4. The Labute approximate surface area is 176 Å². The van der Waals surface area contributed by atoms with Gasteiger partial charge in [0.05, 0.1) is 17.8 Å². The maximum absolute atomic E-state index is 13.0. The molecule has 0 unspecified atom stereocenters. The van der Waals surface area contributed by atoms with Crippen LogP contribution in [-0.4, -0.2) is 47.1 Å². The fourth-order valence-electron chi connectivity index (χ4n) is 3.63. The van der Waals surface area contributed by atoms with E-state index in [1.165, 1.54) is 0 Å². The van der Waals surface area contributed by atoms with Crippen molar-refractivity contribution in [1.82, 2.24) is 14.9 Å². The van der Waals surface area contributed by atoms with Crippen LogP contribution in [0.15, 0.2) is 42.5 Å². The number of nitrogens with zero attached hydrogens (tertiary/aromatic N) is 3. The highest BCUT2D eigenvalue weighted by molar-refractivity contribution is 5.99. The molecule has 1 amide bonds. The predicted molar refractivity (Wildman–Crippen MR) is 117 cm³/mol. The van der Waals surface area contributed by atoms with E-state index in [9.17, 15) is 4.79 Å². The Morgan fingerprint density at radius 3 is 2.76 bits per heavy atom. The Morgan fingerprint density at radius 2 is 1.93 bits per heavy atom. The second-order valence-electron chi connectivity index (χ2n) is 6.92. The lowest BCUT2D eigenvalue weighted by Crippen LogP contribution is -2.33. The zero-order valence-corrected chi connectivity index (χ0v) is 17.2. The fraction of sp³-hybridized carbons (Fsp3) is 0.318. The molecule has 1 aliphatic heterocycles. The molecule has 4 rings (SSSR count). The summed E-state index contributed by atoms with van der Waals surface area (Å²) in [5.41, 5.74) is 10.0. The number of carbonyl (C=O) groups is 1. The van der Waals surface area contributed by atoms with Gasteiger partial charge >= 0.3 is 0 Å². The fourth-order valence-corrected chi connectivity index (χ4v) is 3.63. The number of ether oxygens (including phenoxy) is 1. The SMILES string of the molecule is CCc1nc(N)ccc1-c1cccc2ccc(C(=O)N3CCCOCC3)nc12.Cl. The van der Waals surface area contributed by atoms with E-state index in [-0.39, 0.29) is 18.3 Å². The van der Waals surface area contributed by atoms with Gasteiger partial charge in [0.2, 0.25) is 0 Å². The first-order valence-corrected chi connectivity index (χ1v) is 9.70. The van der Waals surface area contributed by atoms with Crippen LogP contribution in [0.2, 0.25) is 0 Å². The average Bonchev–Trinajstić information content (AvgIpc) is 3.02. The summed E-state index contributed by atoms with van der Waals surface area (Å²) in [6.45, 7) is 4.62. The van der Waals surface area contributed by atoms with Crippen molar-refractivity contribution < 1.29 is 9.53 Å². The van der Waals surface area contributed by atoms with Crippen LogP contribution in [0.3, 0.4) is 0 Å². The zero-order chi connectivity index (χ0) is 19.5. The molecule has 2 N–H and O–H groups in total. The molecule has 0 saturated carbocycles. The van der Waals surface area contributed by atoms with Crippen LogP contribution in [0, 0.1) is 0 Å². The highest BCUT2D eigenvalue weighted by Gasteiger charge is 2.20. The normalized spacial score (nSPS) is 14.3. The van der Waals surface area contributed by atoms with Crippen molar-refractivity contribution in [1.29, 1.82) is 0 Å². The Hall–Kier alpha value is -2.70. The Kier molecular flexibility index (Phi) is 6.67. The van der Waals surface area contributed by atoms with Crippen LogP contribution in [-0.2, 0) is 11.2 Å². The van der Waals surface area contributed by atoms with E-state index < -0.39 is 0 Å². The summed E-state index contributed by atoms with van der Waals surface area (Å²) in [4.78, 5) is 24.1. The van der Waals surface area contributed by atoms with Crippen LogP contribution in [0.1, 0.15) is 29.5 Å². The highest BCUT2D eigenvalue weighted by Crippen LogP contribution is 2.30. The maximum Gasteiger partial charge on any atom is 0.272 e. The molecule has 0 atom stereocenters. The maximum atomic E-state index is 13.0. The van der Waals surface area contributed by atoms with Crippen LogP contribution in [0.25, 0.3) is 22.0 Å². The third-order valence-electron chi connectivity index (χ3n) is 5.07. The summed E-state index contributed by atoms with van der Waals surface area (Å²) >= 11 is 0. The molecule has 0 radical (unpaired) electrons. The topological polar surface area (TPSA) is 81.3 Å². The molecule has 29 heavy (non-hydrogen) atoms. The number of carbonyl (C=O) groups excluding carboxylic acids is 1. The number of nitrogen functional groups attached to an aromatic ring is 1. The smallest absolute Gasteiger partial charge is 0.272 e. The van der Waals surface area contributed by atoms with Gasteiger partial charge in [0.25, 0.3) is 5.91 Å². The number of nitrogens with two attached hydrogens (primary N) is 1. The quantitative estimate of drug-likeness (QED) is 0.708. The molecule has 1 fully saturated rings. The summed E-state index contributed by atoms with van der Waals surface area (Å²) in [7, 11) is 0. The number of amides is 1. The van der Waals surface area contributed by atoms with Gasteiger partial charge in [0.15, 0.2) is 0 Å². The molecule has 6 nitrogen and oxygen atoms in total. The predicted octanol–water partition coefficient (Wildman–Crippen LogP) is 3.73. The van der Waals surface area contributed by atoms with Gasteiger partial charge in [-0.1, -0.05) is 31.2 Å². The molecule has 1 aliphatic rings. The van der Waals surface area contributed by atoms with Gasteiger partial charge in [-0.25, -0.2) is 9.97 Å². The molecular formula is C22H25ClN4O2. The third kappa shape index (κ3) is 4.33. The molecule has 152 valence electrons. The summed E-state index contributed by atoms with van der Waals surface area (Å²) < 4.78 is 5.46. The molecular weight excluding hydrogens is 388 g/mol. The van der Waals surface area contributed by atoms with Crippen molar-refractivity contribution in [3.05, 3.63) is 53.9 Å². The van der Waals surface area contributed by atoms with Crippen molar-refractivity contribution in [2.45, 2.75) is 19.8 Å². The second-order valence-corrected chi connectivity index (χ2v) is 6.92. The summed E-state index contributed by atoms with van der Waals surface area (Å²) in [5, 5.41) is 0.993. The van der Waals surface area contributed by atoms with Gasteiger partial charge in [-0.2, -0.15) is 0 Å². The number of fused-ring (bicyclic) bond motifs is 1. The molecule has 1 aromatic carbocycles. The van der Waals surface area contributed by atoms with E-state index in [1.807, 2.05) is 41.3 Å². The second kappa shape index (κ2) is 9.20. The van der Waals surface area contributed by atoms with E-state index in [1.54, 1.807) is 6.07 Å². The van der Waals surface area contributed by atoms with Gasteiger partial charge in [0, 0.05) is 36.2 Å². The van der Waals surface area contributed by atoms with E-state index in [4.69, 9.17) is 15.5 Å². The van der Waals surface area contributed by atoms with Crippen LogP contribution in [0.4, 0.5) is 5.82 Å². The lowest BCUT2D eigenvalue weighted by molar-refractivity contribution is 0.0736. The minimum Gasteiger partial charge on any atom is -0.384 e. The van der Waals surface area contributed by atoms with Gasteiger partial charge in [0.1, 0.15) is 11.5 Å². The van der Waals surface area contributed by atoms with Crippen molar-refractivity contribution >= 4 is 35.0 Å². The molecule has 0 bridgehead atoms. The number of rotatable bonds is 3. The number of pyridine rings is 2. The molecule has 2 aromatic heterocycles. The Bertz CT molecular complexity index is 1020. The Morgan fingerprint density at radius 1 is 1.07 bits per heavy atom. The molecule has 3 aromatic rings. The van der Waals surface area contributed by atoms with Crippen molar-refractivity contribution in [2.75, 3.05) is 32.0 Å². The molecule has 3 heterocycles. The summed E-state index contributed by atoms with van der Waals surface area (Å²) in [6, 6.07) is 13.6. The third-order valence-corrected chi connectivity index (χ3v) is 5.07. The first kappa shape index (κ1) is 21.0. The van der Waals surface area contributed by atoms with Crippen LogP contribution < -0.4 is 5.73 Å². The summed E-state index contributed by atoms with van der Waals surface area (Å²) in [6.07, 6.45) is 1.62. The van der Waals surface area contributed by atoms with Gasteiger partial charge in [-0.3, -0.25) is 4.79 Å². The highest BCUT2D eigenvalue weighted by atomic mass is 35.5. The number of aryl methyl sites for hydroxylation is 1. The number of anilines is 1. The lowest BCUT2D eigenvalue weighted by Gasteiger charge is -2.19. The van der Waals surface area contributed by atoms with Crippen molar-refractivity contribution in [2.24, 2.45) is 0 Å². The van der Waals surface area contributed by atoms with Gasteiger partial charge in [-0.05, 0) is 31.0 Å². The van der Waals surface area contributed by atoms with E-state index >= 15 is 0 Å². The van der Waals surface area contributed by atoms with Gasteiger partial charge in [-0.15, -0.1) is 12.4 Å². The number of aromatic nitrogens is 2. The molecule has 7 heteroatoms. The van der Waals surface area contributed by atoms with Crippen LogP contribution >= 0.6 is 12.4 Å². The first-order valence-electron chi connectivity index (χ1n) is 9.70.